The molecule has 1 atom stereocenters. The number of hydrogen-bond acceptors (Lipinski definition) is 2. The fourth-order valence-electron chi connectivity index (χ4n) is 2.47. The van der Waals surface area contributed by atoms with Crippen LogP contribution in [0.25, 0.3) is 0 Å². The molecular weight excluding hydrogens is 222 g/mol. The summed E-state index contributed by atoms with van der Waals surface area (Å²) in [6, 6.07) is 0. The predicted molar refractivity (Wildman–Crippen MR) is 78.2 cm³/mol. The van der Waals surface area contributed by atoms with Crippen LogP contribution >= 0.6 is 0 Å². The summed E-state index contributed by atoms with van der Waals surface area (Å²) in [5.74, 6) is 0. The maximum Gasteiger partial charge on any atom is 0.168 e. The molecule has 1 N–H and O–H groups in total. The van der Waals surface area contributed by atoms with Crippen LogP contribution in [0.15, 0.2) is 12.5 Å². The van der Waals surface area contributed by atoms with E-state index in [9.17, 15) is 0 Å². The van der Waals surface area contributed by atoms with Crippen LogP contribution in [0.4, 0.5) is 0 Å². The van der Waals surface area contributed by atoms with Crippen molar-refractivity contribution in [2.75, 3.05) is 0 Å². The van der Waals surface area contributed by atoms with Crippen LogP contribution in [0.5, 0.6) is 0 Å². The van der Waals surface area contributed by atoms with Crippen LogP contribution in [0, 0.1) is 0 Å². The van der Waals surface area contributed by atoms with E-state index in [0.29, 0.717) is 0 Å². The number of hydrogen-bond donors (Lipinski definition) is 1. The molecule has 0 radical (unpaired) electrons. The molecule has 1 aliphatic heterocycles. The molecule has 0 amide bonds. The summed E-state index contributed by atoms with van der Waals surface area (Å²) < 4.78 is 5.35. The van der Waals surface area contributed by atoms with Crippen molar-refractivity contribution in [3.05, 3.63) is 12.5 Å². The second kappa shape index (κ2) is 11.4. The molecule has 0 aromatic heterocycles. The molecule has 0 spiro atoms. The molecule has 0 aliphatic carbocycles. The van der Waals surface area contributed by atoms with Gasteiger partial charge in [0.2, 0.25) is 0 Å². The van der Waals surface area contributed by atoms with Gasteiger partial charge >= 0.3 is 0 Å². The smallest absolute Gasteiger partial charge is 0.168 e. The van der Waals surface area contributed by atoms with Gasteiger partial charge in [-0.25, -0.2) is 0 Å². The molecule has 1 unspecified atom stereocenters. The minimum absolute atomic E-state index is 0.253. The van der Waals surface area contributed by atoms with Crippen LogP contribution < -0.4 is 5.32 Å². The van der Waals surface area contributed by atoms with Crippen molar-refractivity contribution in [2.24, 2.45) is 0 Å². The van der Waals surface area contributed by atoms with Gasteiger partial charge in [-0.1, -0.05) is 71.1 Å². The average Bonchev–Trinajstić information content (AvgIpc) is 2.89. The van der Waals surface area contributed by atoms with Gasteiger partial charge in [-0.3, -0.25) is 0 Å². The van der Waals surface area contributed by atoms with Gasteiger partial charge in [-0.05, 0) is 6.42 Å². The Hall–Kier alpha value is -0.660. The van der Waals surface area contributed by atoms with E-state index in [1.165, 1.54) is 70.6 Å². The van der Waals surface area contributed by atoms with Gasteiger partial charge in [0.05, 0.1) is 0 Å². The topological polar surface area (TPSA) is 21.3 Å². The molecule has 0 fully saturated rings. The SMILES string of the molecule is CCCCCCCCCCCCCC1NC=CO1. The summed E-state index contributed by atoms with van der Waals surface area (Å²) in [5, 5.41) is 3.19. The first kappa shape index (κ1) is 15.4. The van der Waals surface area contributed by atoms with Crippen LogP contribution in [-0.2, 0) is 4.74 Å². The summed E-state index contributed by atoms with van der Waals surface area (Å²) in [6.45, 7) is 2.28. The Balaban J connectivity index is 1.68. The normalized spacial score (nSPS) is 17.7. The molecule has 2 nitrogen and oxygen atoms in total. The van der Waals surface area contributed by atoms with Crippen LogP contribution in [-0.4, -0.2) is 6.23 Å². The third kappa shape index (κ3) is 8.43. The summed E-state index contributed by atoms with van der Waals surface area (Å²) in [7, 11) is 0. The van der Waals surface area contributed by atoms with E-state index in [4.69, 9.17) is 4.74 Å². The molecule has 2 heteroatoms. The maximum absolute atomic E-state index is 5.35. The van der Waals surface area contributed by atoms with Gasteiger partial charge in [-0.2, -0.15) is 0 Å². The fraction of sp³-hybridized carbons (Fsp3) is 0.875. The number of nitrogens with one attached hydrogen (secondary N) is 1. The van der Waals surface area contributed by atoms with Gasteiger partial charge in [0.15, 0.2) is 6.23 Å². The molecule has 1 heterocycles. The van der Waals surface area contributed by atoms with Crippen molar-refractivity contribution in [3.8, 4) is 0 Å². The van der Waals surface area contributed by atoms with E-state index in [1.807, 2.05) is 6.20 Å². The molecule has 0 bridgehead atoms. The Kier molecular flexibility index (Phi) is 9.78. The molecule has 1 rings (SSSR count). The van der Waals surface area contributed by atoms with Crippen molar-refractivity contribution in [1.82, 2.24) is 5.32 Å². The van der Waals surface area contributed by atoms with Gasteiger partial charge in [0.25, 0.3) is 0 Å². The highest BCUT2D eigenvalue weighted by Gasteiger charge is 2.08. The third-order valence-electron chi connectivity index (χ3n) is 3.66. The van der Waals surface area contributed by atoms with Gasteiger partial charge < -0.3 is 10.1 Å². The minimum Gasteiger partial charge on any atom is -0.477 e. The molecule has 0 aromatic carbocycles. The fourth-order valence-corrected chi connectivity index (χ4v) is 2.47. The van der Waals surface area contributed by atoms with E-state index in [0.717, 1.165) is 6.42 Å². The first-order chi connectivity index (χ1) is 8.93. The lowest BCUT2D eigenvalue weighted by atomic mass is 10.1. The van der Waals surface area contributed by atoms with E-state index in [-0.39, 0.29) is 6.23 Å². The second-order valence-electron chi connectivity index (χ2n) is 5.42. The van der Waals surface area contributed by atoms with Crippen LogP contribution in [0.3, 0.4) is 0 Å². The summed E-state index contributed by atoms with van der Waals surface area (Å²) in [4.78, 5) is 0. The Morgan fingerprint density at radius 3 is 1.89 bits per heavy atom. The standard InChI is InChI=1S/C16H31NO/c1-2-3-4-5-6-7-8-9-10-11-12-13-16-17-14-15-18-16/h14-17H,2-13H2,1H3. The largest absolute Gasteiger partial charge is 0.477 e. The number of ether oxygens (including phenoxy) is 1. The Labute approximate surface area is 113 Å². The lowest BCUT2D eigenvalue weighted by Crippen LogP contribution is -2.20. The van der Waals surface area contributed by atoms with E-state index >= 15 is 0 Å². The van der Waals surface area contributed by atoms with E-state index < -0.39 is 0 Å². The lowest BCUT2D eigenvalue weighted by Gasteiger charge is -2.10. The monoisotopic (exact) mass is 253 g/mol. The zero-order chi connectivity index (χ0) is 12.9. The zero-order valence-corrected chi connectivity index (χ0v) is 12.1. The molecule has 1 aliphatic rings. The van der Waals surface area contributed by atoms with Crippen molar-refractivity contribution >= 4 is 0 Å². The van der Waals surface area contributed by atoms with Crippen molar-refractivity contribution < 1.29 is 4.74 Å². The second-order valence-corrected chi connectivity index (χ2v) is 5.42. The summed E-state index contributed by atoms with van der Waals surface area (Å²) in [5.41, 5.74) is 0. The Morgan fingerprint density at radius 1 is 0.833 bits per heavy atom. The Morgan fingerprint density at radius 2 is 1.39 bits per heavy atom. The maximum atomic E-state index is 5.35. The van der Waals surface area contributed by atoms with Crippen molar-refractivity contribution in [2.45, 2.75) is 90.2 Å². The van der Waals surface area contributed by atoms with E-state index in [2.05, 4.69) is 12.2 Å². The van der Waals surface area contributed by atoms with Crippen molar-refractivity contribution in [3.63, 3.8) is 0 Å². The number of rotatable bonds is 12. The molecule has 0 saturated heterocycles. The van der Waals surface area contributed by atoms with Gasteiger partial charge in [-0.15, -0.1) is 0 Å². The lowest BCUT2D eigenvalue weighted by molar-refractivity contribution is 0.139. The molecule has 18 heavy (non-hydrogen) atoms. The van der Waals surface area contributed by atoms with Crippen LogP contribution in [0.2, 0.25) is 0 Å². The zero-order valence-electron chi connectivity index (χ0n) is 12.1. The highest BCUT2D eigenvalue weighted by Crippen LogP contribution is 2.13. The summed E-state index contributed by atoms with van der Waals surface area (Å²) >= 11 is 0. The average molecular weight is 253 g/mol. The molecule has 0 saturated carbocycles. The molecule has 0 aromatic rings. The highest BCUT2D eigenvalue weighted by molar-refractivity contribution is 4.81. The Bertz CT molecular complexity index is 195. The first-order valence-electron chi connectivity index (χ1n) is 8.00. The third-order valence-corrected chi connectivity index (χ3v) is 3.66. The predicted octanol–water partition coefficient (Wildman–Crippen LogP) is 5.10. The highest BCUT2D eigenvalue weighted by atomic mass is 16.5. The number of unbranched alkanes of at least 4 members (excludes halogenated alkanes) is 10. The minimum atomic E-state index is 0.253. The molecule has 106 valence electrons. The van der Waals surface area contributed by atoms with E-state index in [1.54, 1.807) is 6.26 Å². The summed E-state index contributed by atoms with van der Waals surface area (Å²) in [6.07, 6.45) is 20.5. The first-order valence-corrected chi connectivity index (χ1v) is 8.00. The van der Waals surface area contributed by atoms with Gasteiger partial charge in [0.1, 0.15) is 6.26 Å². The molecular formula is C16H31NO. The quantitative estimate of drug-likeness (QED) is 0.488. The van der Waals surface area contributed by atoms with Crippen molar-refractivity contribution in [1.29, 1.82) is 0 Å². The van der Waals surface area contributed by atoms with Crippen LogP contribution in [0.1, 0.15) is 84.0 Å². The van der Waals surface area contributed by atoms with Gasteiger partial charge in [0, 0.05) is 12.6 Å².